The second kappa shape index (κ2) is 5.64. The largest absolute Gasteiger partial charge is 0.379 e. The molecule has 1 saturated heterocycles. The molecule has 0 N–H and O–H groups in total. The molecule has 0 aliphatic carbocycles. The molecule has 83 valence electrons. The first kappa shape index (κ1) is 11.1. The minimum Gasteiger partial charge on any atom is -0.379 e. The zero-order valence-electron chi connectivity index (χ0n) is 9.00. The summed E-state index contributed by atoms with van der Waals surface area (Å²) >= 11 is 0. The fourth-order valence-electron chi connectivity index (χ4n) is 1.52. The summed E-state index contributed by atoms with van der Waals surface area (Å²) in [4.78, 5) is 2.22. The number of benzene rings is 1. The van der Waals surface area contributed by atoms with E-state index in [1.165, 1.54) is 6.07 Å². The molecule has 2 rings (SSSR count). The van der Waals surface area contributed by atoms with E-state index in [9.17, 15) is 4.39 Å². The van der Waals surface area contributed by atoms with Gasteiger partial charge in [0.1, 0.15) is 5.82 Å². The Labute approximate surface area is 95.0 Å². The molecule has 0 atom stereocenters. The lowest BCUT2D eigenvalue weighted by Crippen LogP contribution is -2.36. The number of nitrogens with zero attached hydrogens (tertiary/aromatic N) is 1. The number of rotatable bonds is 1. The highest BCUT2D eigenvalue weighted by atomic mass is 19.1. The molecule has 1 aliphatic rings. The van der Waals surface area contributed by atoms with Crippen LogP contribution in [-0.4, -0.2) is 37.7 Å². The van der Waals surface area contributed by atoms with Crippen LogP contribution in [0.2, 0.25) is 0 Å². The van der Waals surface area contributed by atoms with Crippen LogP contribution in [0.3, 0.4) is 0 Å². The molecule has 1 aliphatic heterocycles. The van der Waals surface area contributed by atoms with E-state index in [1.807, 2.05) is 0 Å². The van der Waals surface area contributed by atoms with E-state index >= 15 is 0 Å². The van der Waals surface area contributed by atoms with Crippen molar-refractivity contribution in [3.05, 3.63) is 35.6 Å². The van der Waals surface area contributed by atoms with Gasteiger partial charge in [0.05, 0.1) is 19.8 Å². The van der Waals surface area contributed by atoms with E-state index in [0.717, 1.165) is 26.3 Å². The van der Waals surface area contributed by atoms with Gasteiger partial charge in [0.2, 0.25) is 0 Å². The lowest BCUT2D eigenvalue weighted by Gasteiger charge is -2.24. The topological polar surface area (TPSA) is 12.5 Å². The number of halogens is 1. The standard InChI is InChI=1S/C13H13FNO/c14-13-5-1-3-12(11-13)4-2-6-15-7-9-16-10-8-15/h1,3,5H,6-10H2. The molecule has 16 heavy (non-hydrogen) atoms. The van der Waals surface area contributed by atoms with Crippen molar-refractivity contribution in [2.24, 2.45) is 0 Å². The first-order chi connectivity index (χ1) is 7.84. The van der Waals surface area contributed by atoms with Gasteiger partial charge in [-0.05, 0) is 12.1 Å². The summed E-state index contributed by atoms with van der Waals surface area (Å²) < 4.78 is 18.0. The molecule has 0 unspecified atom stereocenters. The first-order valence-corrected chi connectivity index (χ1v) is 5.31. The van der Waals surface area contributed by atoms with Crippen LogP contribution in [0.25, 0.3) is 0 Å². The maximum absolute atomic E-state index is 12.8. The second-order valence-corrected chi connectivity index (χ2v) is 3.60. The summed E-state index contributed by atoms with van der Waals surface area (Å²) in [6.07, 6.45) is 0. The predicted octanol–water partition coefficient (Wildman–Crippen LogP) is 1.31. The summed E-state index contributed by atoms with van der Waals surface area (Å²) in [5.74, 6) is 5.56. The SMILES string of the molecule is Fc1[c]c(C#CCN2CCOCC2)ccc1. The van der Waals surface area contributed by atoms with Gasteiger partial charge in [-0.25, -0.2) is 4.39 Å². The predicted molar refractivity (Wildman–Crippen MR) is 59.4 cm³/mol. The third kappa shape index (κ3) is 3.34. The maximum atomic E-state index is 12.8. The molecule has 0 spiro atoms. The minimum absolute atomic E-state index is 0.363. The lowest BCUT2D eigenvalue weighted by atomic mass is 10.2. The molecule has 1 aromatic carbocycles. The van der Waals surface area contributed by atoms with Gasteiger partial charge in [-0.15, -0.1) is 0 Å². The zero-order valence-corrected chi connectivity index (χ0v) is 9.00. The molecule has 0 saturated carbocycles. The average molecular weight is 218 g/mol. The molecule has 1 heterocycles. The van der Waals surface area contributed by atoms with Gasteiger partial charge in [0.25, 0.3) is 0 Å². The van der Waals surface area contributed by atoms with Gasteiger partial charge in [-0.1, -0.05) is 17.9 Å². The van der Waals surface area contributed by atoms with E-state index < -0.39 is 0 Å². The lowest BCUT2D eigenvalue weighted by molar-refractivity contribution is 0.0443. The van der Waals surface area contributed by atoms with Crippen LogP contribution in [0.15, 0.2) is 18.2 Å². The Morgan fingerprint density at radius 3 is 2.94 bits per heavy atom. The van der Waals surface area contributed by atoms with Crippen LogP contribution in [0.1, 0.15) is 5.56 Å². The van der Waals surface area contributed by atoms with Crippen LogP contribution in [0.5, 0.6) is 0 Å². The molecule has 1 aromatic rings. The monoisotopic (exact) mass is 218 g/mol. The van der Waals surface area contributed by atoms with E-state index in [-0.39, 0.29) is 5.82 Å². The van der Waals surface area contributed by atoms with Crippen molar-refractivity contribution in [2.75, 3.05) is 32.8 Å². The molecule has 3 heteroatoms. The van der Waals surface area contributed by atoms with Gasteiger partial charge in [0, 0.05) is 24.7 Å². The van der Waals surface area contributed by atoms with Crippen LogP contribution < -0.4 is 0 Å². The number of ether oxygens (including phenoxy) is 1. The van der Waals surface area contributed by atoms with Crippen LogP contribution in [-0.2, 0) is 4.74 Å². The molecule has 0 bridgehead atoms. The third-order valence-electron chi connectivity index (χ3n) is 2.39. The summed E-state index contributed by atoms with van der Waals surface area (Å²) in [6, 6.07) is 7.33. The summed E-state index contributed by atoms with van der Waals surface area (Å²) in [5, 5.41) is 0. The van der Waals surface area contributed by atoms with Gasteiger partial charge in [-0.3, -0.25) is 4.90 Å². The van der Waals surface area contributed by atoms with Gasteiger partial charge < -0.3 is 4.74 Å². The molecule has 1 radical (unpaired) electrons. The van der Waals surface area contributed by atoms with Crippen LogP contribution in [0.4, 0.5) is 4.39 Å². The van der Waals surface area contributed by atoms with Crippen molar-refractivity contribution in [2.45, 2.75) is 0 Å². The zero-order chi connectivity index (χ0) is 11.2. The number of hydrogen-bond donors (Lipinski definition) is 0. The van der Waals surface area contributed by atoms with Gasteiger partial charge in [-0.2, -0.15) is 0 Å². The van der Waals surface area contributed by atoms with E-state index in [1.54, 1.807) is 12.1 Å². The normalized spacial score (nSPS) is 16.6. The third-order valence-corrected chi connectivity index (χ3v) is 2.39. The van der Waals surface area contributed by atoms with E-state index in [2.05, 4.69) is 22.8 Å². The Hall–Kier alpha value is -1.37. The Morgan fingerprint density at radius 1 is 1.38 bits per heavy atom. The van der Waals surface area contributed by atoms with Crippen LogP contribution in [0, 0.1) is 23.7 Å². The maximum Gasteiger partial charge on any atom is 0.132 e. The highest BCUT2D eigenvalue weighted by Gasteiger charge is 2.07. The second-order valence-electron chi connectivity index (χ2n) is 3.60. The Morgan fingerprint density at radius 2 is 2.19 bits per heavy atom. The Bertz CT molecular complexity index is 402. The van der Waals surface area contributed by atoms with Crippen molar-refractivity contribution in [3.8, 4) is 11.8 Å². The summed E-state index contributed by atoms with van der Waals surface area (Å²) in [6.45, 7) is 4.08. The van der Waals surface area contributed by atoms with Crippen molar-refractivity contribution in [1.82, 2.24) is 4.90 Å². The molecular weight excluding hydrogens is 205 g/mol. The molecule has 2 nitrogen and oxygen atoms in total. The van der Waals surface area contributed by atoms with Crippen molar-refractivity contribution in [1.29, 1.82) is 0 Å². The van der Waals surface area contributed by atoms with Crippen molar-refractivity contribution in [3.63, 3.8) is 0 Å². The van der Waals surface area contributed by atoms with E-state index in [0.29, 0.717) is 12.1 Å². The minimum atomic E-state index is -0.363. The highest BCUT2D eigenvalue weighted by molar-refractivity contribution is 5.33. The van der Waals surface area contributed by atoms with Crippen molar-refractivity contribution >= 4 is 0 Å². The quantitative estimate of drug-likeness (QED) is 0.659. The number of morpholine rings is 1. The van der Waals surface area contributed by atoms with Gasteiger partial charge >= 0.3 is 0 Å². The fourth-order valence-corrected chi connectivity index (χ4v) is 1.52. The van der Waals surface area contributed by atoms with Crippen molar-refractivity contribution < 1.29 is 9.13 Å². The van der Waals surface area contributed by atoms with Gasteiger partial charge in [0.15, 0.2) is 0 Å². The Kier molecular flexibility index (Phi) is 3.92. The van der Waals surface area contributed by atoms with E-state index in [4.69, 9.17) is 4.74 Å². The molecule has 1 fully saturated rings. The summed E-state index contributed by atoms with van der Waals surface area (Å²) in [7, 11) is 0. The molecule has 0 amide bonds. The fraction of sp³-hybridized carbons (Fsp3) is 0.385. The Balaban J connectivity index is 1.89. The number of hydrogen-bond acceptors (Lipinski definition) is 2. The highest BCUT2D eigenvalue weighted by Crippen LogP contribution is 2.00. The molecular formula is C13H13FNO. The molecule has 0 aromatic heterocycles. The van der Waals surface area contributed by atoms with Crippen LogP contribution >= 0.6 is 0 Å². The summed E-state index contributed by atoms with van der Waals surface area (Å²) in [5.41, 5.74) is 0.605. The average Bonchev–Trinajstić information content (AvgIpc) is 2.30. The smallest absolute Gasteiger partial charge is 0.132 e. The first-order valence-electron chi connectivity index (χ1n) is 5.31.